The SMILES string of the molecule is CC(NCCC1CC1)c1cccc(Br)c1. The summed E-state index contributed by atoms with van der Waals surface area (Å²) < 4.78 is 1.16. The van der Waals surface area contributed by atoms with E-state index in [9.17, 15) is 0 Å². The van der Waals surface area contributed by atoms with E-state index in [1.54, 1.807) is 0 Å². The van der Waals surface area contributed by atoms with Gasteiger partial charge in [0.25, 0.3) is 0 Å². The fourth-order valence-corrected chi connectivity index (χ4v) is 2.22. The van der Waals surface area contributed by atoms with Gasteiger partial charge in [-0.1, -0.05) is 40.9 Å². The molecule has 2 rings (SSSR count). The van der Waals surface area contributed by atoms with Gasteiger partial charge in [0.15, 0.2) is 0 Å². The summed E-state index contributed by atoms with van der Waals surface area (Å²) in [7, 11) is 0. The molecule has 0 heterocycles. The maximum Gasteiger partial charge on any atom is 0.0292 e. The van der Waals surface area contributed by atoms with Gasteiger partial charge in [-0.3, -0.25) is 0 Å². The van der Waals surface area contributed by atoms with Gasteiger partial charge in [0, 0.05) is 10.5 Å². The molecule has 1 aliphatic rings. The van der Waals surface area contributed by atoms with Crippen LogP contribution in [0.5, 0.6) is 0 Å². The minimum atomic E-state index is 0.459. The van der Waals surface area contributed by atoms with E-state index in [1.165, 1.54) is 24.8 Å². The van der Waals surface area contributed by atoms with Crippen molar-refractivity contribution in [3.05, 3.63) is 34.3 Å². The Balaban J connectivity index is 1.80. The van der Waals surface area contributed by atoms with Crippen LogP contribution < -0.4 is 5.32 Å². The van der Waals surface area contributed by atoms with E-state index in [1.807, 2.05) is 0 Å². The van der Waals surface area contributed by atoms with Gasteiger partial charge in [-0.05, 0) is 43.5 Å². The minimum absolute atomic E-state index is 0.459. The van der Waals surface area contributed by atoms with Crippen LogP contribution in [0.4, 0.5) is 0 Å². The van der Waals surface area contributed by atoms with E-state index in [2.05, 4.69) is 52.4 Å². The number of halogens is 1. The second-order valence-electron chi connectivity index (χ2n) is 4.46. The van der Waals surface area contributed by atoms with Crippen LogP contribution in [-0.4, -0.2) is 6.54 Å². The lowest BCUT2D eigenvalue weighted by Crippen LogP contribution is -2.20. The summed E-state index contributed by atoms with van der Waals surface area (Å²) in [5.74, 6) is 1.02. The fraction of sp³-hybridized carbons (Fsp3) is 0.538. The summed E-state index contributed by atoms with van der Waals surface area (Å²) in [6, 6.07) is 8.99. The third-order valence-electron chi connectivity index (χ3n) is 3.05. The monoisotopic (exact) mass is 267 g/mol. The molecular weight excluding hydrogens is 250 g/mol. The molecule has 0 amide bonds. The number of hydrogen-bond acceptors (Lipinski definition) is 1. The second kappa shape index (κ2) is 5.13. The molecule has 82 valence electrons. The highest BCUT2D eigenvalue weighted by Gasteiger charge is 2.20. The highest BCUT2D eigenvalue weighted by Crippen LogP contribution is 2.32. The molecule has 1 aromatic rings. The van der Waals surface area contributed by atoms with Crippen molar-refractivity contribution in [2.24, 2.45) is 5.92 Å². The van der Waals surface area contributed by atoms with Crippen molar-refractivity contribution in [3.63, 3.8) is 0 Å². The van der Waals surface area contributed by atoms with Gasteiger partial charge in [-0.25, -0.2) is 0 Å². The molecule has 1 N–H and O–H groups in total. The first kappa shape index (κ1) is 11.2. The zero-order valence-corrected chi connectivity index (χ0v) is 10.8. The van der Waals surface area contributed by atoms with Crippen LogP contribution in [0.2, 0.25) is 0 Å². The van der Waals surface area contributed by atoms with Gasteiger partial charge in [0.05, 0.1) is 0 Å². The summed E-state index contributed by atoms with van der Waals surface area (Å²) in [5.41, 5.74) is 1.36. The quantitative estimate of drug-likeness (QED) is 0.854. The zero-order chi connectivity index (χ0) is 10.7. The molecule has 0 saturated heterocycles. The van der Waals surface area contributed by atoms with E-state index < -0.39 is 0 Å². The summed E-state index contributed by atoms with van der Waals surface area (Å²) in [6.07, 6.45) is 4.25. The first-order chi connectivity index (χ1) is 7.25. The summed E-state index contributed by atoms with van der Waals surface area (Å²) in [5, 5.41) is 3.58. The Morgan fingerprint density at radius 3 is 2.93 bits per heavy atom. The molecule has 0 spiro atoms. The summed E-state index contributed by atoms with van der Waals surface area (Å²) in [4.78, 5) is 0. The lowest BCUT2D eigenvalue weighted by atomic mass is 10.1. The molecule has 15 heavy (non-hydrogen) atoms. The van der Waals surface area contributed by atoms with Gasteiger partial charge in [0.1, 0.15) is 0 Å². The Morgan fingerprint density at radius 1 is 1.47 bits per heavy atom. The van der Waals surface area contributed by atoms with Crippen molar-refractivity contribution in [1.29, 1.82) is 0 Å². The van der Waals surface area contributed by atoms with Crippen LogP contribution in [0.25, 0.3) is 0 Å². The van der Waals surface area contributed by atoms with Crippen LogP contribution in [0.15, 0.2) is 28.7 Å². The molecule has 1 saturated carbocycles. The molecule has 1 unspecified atom stereocenters. The fourth-order valence-electron chi connectivity index (χ4n) is 1.80. The highest BCUT2D eigenvalue weighted by molar-refractivity contribution is 9.10. The largest absolute Gasteiger partial charge is 0.310 e. The molecule has 2 heteroatoms. The van der Waals surface area contributed by atoms with Crippen LogP contribution in [0.3, 0.4) is 0 Å². The van der Waals surface area contributed by atoms with E-state index in [0.717, 1.165) is 16.9 Å². The van der Waals surface area contributed by atoms with Crippen molar-refractivity contribution < 1.29 is 0 Å². The predicted molar refractivity (Wildman–Crippen MR) is 67.9 cm³/mol. The number of benzene rings is 1. The van der Waals surface area contributed by atoms with Gasteiger partial charge < -0.3 is 5.32 Å². The average molecular weight is 268 g/mol. The molecule has 0 aliphatic heterocycles. The number of rotatable bonds is 5. The molecule has 1 aliphatic carbocycles. The third-order valence-corrected chi connectivity index (χ3v) is 3.54. The van der Waals surface area contributed by atoms with Gasteiger partial charge >= 0.3 is 0 Å². The van der Waals surface area contributed by atoms with Crippen LogP contribution in [0.1, 0.15) is 37.8 Å². The normalized spacial score (nSPS) is 17.7. The van der Waals surface area contributed by atoms with Crippen molar-refractivity contribution in [2.75, 3.05) is 6.54 Å². The van der Waals surface area contributed by atoms with Crippen molar-refractivity contribution in [2.45, 2.75) is 32.2 Å². The Morgan fingerprint density at radius 2 is 2.27 bits per heavy atom. The smallest absolute Gasteiger partial charge is 0.0292 e. The molecule has 0 aromatic heterocycles. The molecule has 0 bridgehead atoms. The van der Waals surface area contributed by atoms with Gasteiger partial charge in [0.2, 0.25) is 0 Å². The van der Waals surface area contributed by atoms with E-state index >= 15 is 0 Å². The van der Waals surface area contributed by atoms with Crippen LogP contribution >= 0.6 is 15.9 Å². The van der Waals surface area contributed by atoms with Crippen molar-refractivity contribution in [3.8, 4) is 0 Å². The van der Waals surface area contributed by atoms with Crippen LogP contribution in [-0.2, 0) is 0 Å². The Labute approximate surface area is 100 Å². The van der Waals surface area contributed by atoms with E-state index in [4.69, 9.17) is 0 Å². The van der Waals surface area contributed by atoms with Crippen LogP contribution in [0, 0.1) is 5.92 Å². The predicted octanol–water partition coefficient (Wildman–Crippen LogP) is 3.90. The standard InChI is InChI=1S/C13H18BrN/c1-10(15-8-7-11-5-6-11)12-3-2-4-13(14)9-12/h2-4,9-11,15H,5-8H2,1H3. The molecular formula is C13H18BrN. The topological polar surface area (TPSA) is 12.0 Å². The number of nitrogens with one attached hydrogen (secondary N) is 1. The Hall–Kier alpha value is -0.340. The third kappa shape index (κ3) is 3.62. The number of hydrogen-bond donors (Lipinski definition) is 1. The summed E-state index contributed by atoms with van der Waals surface area (Å²) >= 11 is 3.50. The Kier molecular flexibility index (Phi) is 3.81. The van der Waals surface area contributed by atoms with Crippen molar-refractivity contribution >= 4 is 15.9 Å². The minimum Gasteiger partial charge on any atom is -0.310 e. The summed E-state index contributed by atoms with van der Waals surface area (Å²) in [6.45, 7) is 3.38. The van der Waals surface area contributed by atoms with Gasteiger partial charge in [-0.2, -0.15) is 0 Å². The van der Waals surface area contributed by atoms with Crippen molar-refractivity contribution in [1.82, 2.24) is 5.32 Å². The zero-order valence-electron chi connectivity index (χ0n) is 9.17. The lowest BCUT2D eigenvalue weighted by Gasteiger charge is -2.14. The van der Waals surface area contributed by atoms with E-state index in [0.29, 0.717) is 6.04 Å². The molecule has 1 aromatic carbocycles. The first-order valence-electron chi connectivity index (χ1n) is 5.74. The Bertz CT molecular complexity index is 320. The molecule has 1 nitrogen and oxygen atoms in total. The maximum absolute atomic E-state index is 3.58. The van der Waals surface area contributed by atoms with Gasteiger partial charge in [-0.15, -0.1) is 0 Å². The second-order valence-corrected chi connectivity index (χ2v) is 5.38. The maximum atomic E-state index is 3.58. The molecule has 1 fully saturated rings. The molecule has 0 radical (unpaired) electrons. The molecule has 1 atom stereocenters. The first-order valence-corrected chi connectivity index (χ1v) is 6.54. The van der Waals surface area contributed by atoms with E-state index in [-0.39, 0.29) is 0 Å². The average Bonchev–Trinajstić information content (AvgIpc) is 3.01. The highest BCUT2D eigenvalue weighted by atomic mass is 79.9. The lowest BCUT2D eigenvalue weighted by molar-refractivity contribution is 0.539.